The van der Waals surface area contributed by atoms with Crippen LogP contribution in [-0.4, -0.2) is 31.2 Å². The maximum absolute atomic E-state index is 12.0. The van der Waals surface area contributed by atoms with Crippen molar-refractivity contribution in [1.82, 2.24) is 5.43 Å². The lowest BCUT2D eigenvalue weighted by atomic mass is 10.2. The number of benzene rings is 2. The summed E-state index contributed by atoms with van der Waals surface area (Å²) in [7, 11) is 1.57. The highest BCUT2D eigenvalue weighted by Crippen LogP contribution is 2.20. The predicted molar refractivity (Wildman–Crippen MR) is 104 cm³/mol. The SMILES string of the molecule is COc1ccc(OCC(=O)N/N=C(\C)CC(=O)Nc2ccccc2Cl)cc1. The Bertz CT molecular complexity index is 822. The molecule has 142 valence electrons. The molecule has 2 aromatic carbocycles. The van der Waals surface area contributed by atoms with Crippen molar-refractivity contribution in [2.45, 2.75) is 13.3 Å². The number of ether oxygens (including phenoxy) is 2. The van der Waals surface area contributed by atoms with Crippen molar-refractivity contribution in [2.24, 2.45) is 5.10 Å². The maximum atomic E-state index is 12.0. The molecule has 8 heteroatoms. The first kappa shape index (κ1) is 20.3. The van der Waals surface area contributed by atoms with Crippen molar-refractivity contribution in [3.05, 3.63) is 53.6 Å². The zero-order chi connectivity index (χ0) is 19.6. The predicted octanol–water partition coefficient (Wildman–Crippen LogP) is 3.25. The number of amides is 2. The minimum atomic E-state index is -0.434. The molecular formula is C19H20ClN3O4. The number of anilines is 1. The van der Waals surface area contributed by atoms with E-state index in [1.165, 1.54) is 0 Å². The summed E-state index contributed by atoms with van der Waals surface area (Å²) in [6.07, 6.45) is 0.0187. The summed E-state index contributed by atoms with van der Waals surface area (Å²) in [4.78, 5) is 23.8. The summed E-state index contributed by atoms with van der Waals surface area (Å²) in [5, 5.41) is 7.02. The zero-order valence-corrected chi connectivity index (χ0v) is 15.7. The fourth-order valence-corrected chi connectivity index (χ4v) is 2.22. The molecule has 0 saturated carbocycles. The topological polar surface area (TPSA) is 89.0 Å². The van der Waals surface area contributed by atoms with Gasteiger partial charge in [-0.25, -0.2) is 5.43 Å². The van der Waals surface area contributed by atoms with Crippen molar-refractivity contribution < 1.29 is 19.1 Å². The van der Waals surface area contributed by atoms with Crippen LogP contribution in [0.25, 0.3) is 0 Å². The molecule has 0 heterocycles. The second-order valence-corrected chi connectivity index (χ2v) is 5.96. The third kappa shape index (κ3) is 6.99. The van der Waals surface area contributed by atoms with Crippen molar-refractivity contribution in [3.63, 3.8) is 0 Å². The molecule has 0 spiro atoms. The Morgan fingerprint density at radius 2 is 1.70 bits per heavy atom. The van der Waals surface area contributed by atoms with Crippen LogP contribution >= 0.6 is 11.6 Å². The lowest BCUT2D eigenvalue weighted by molar-refractivity contribution is -0.123. The third-order valence-corrected chi connectivity index (χ3v) is 3.69. The first-order valence-corrected chi connectivity index (χ1v) is 8.49. The lowest BCUT2D eigenvalue weighted by Crippen LogP contribution is -2.26. The fraction of sp³-hybridized carbons (Fsp3) is 0.211. The molecule has 2 N–H and O–H groups in total. The summed E-state index contributed by atoms with van der Waals surface area (Å²) in [5.74, 6) is 0.512. The molecule has 2 rings (SSSR count). The van der Waals surface area contributed by atoms with Gasteiger partial charge in [-0.1, -0.05) is 23.7 Å². The van der Waals surface area contributed by atoms with E-state index in [-0.39, 0.29) is 18.9 Å². The van der Waals surface area contributed by atoms with Crippen LogP contribution in [0.15, 0.2) is 53.6 Å². The van der Waals surface area contributed by atoms with E-state index >= 15 is 0 Å². The number of carbonyl (C=O) groups is 2. The van der Waals surface area contributed by atoms with Crippen LogP contribution in [0, 0.1) is 0 Å². The highest BCUT2D eigenvalue weighted by Gasteiger charge is 2.08. The van der Waals surface area contributed by atoms with Gasteiger partial charge < -0.3 is 14.8 Å². The summed E-state index contributed by atoms with van der Waals surface area (Å²) < 4.78 is 10.4. The van der Waals surface area contributed by atoms with E-state index in [0.717, 1.165) is 0 Å². The quantitative estimate of drug-likeness (QED) is 0.535. The van der Waals surface area contributed by atoms with Gasteiger partial charge in [-0.2, -0.15) is 5.10 Å². The second-order valence-electron chi connectivity index (χ2n) is 5.55. The molecule has 0 aliphatic rings. The smallest absolute Gasteiger partial charge is 0.277 e. The summed E-state index contributed by atoms with van der Waals surface area (Å²) in [6, 6.07) is 13.8. The van der Waals surface area contributed by atoms with E-state index in [2.05, 4.69) is 15.8 Å². The molecule has 2 aromatic rings. The standard InChI is InChI=1S/C19H20ClN3O4/c1-13(11-18(24)21-17-6-4-3-5-16(17)20)22-23-19(25)12-27-15-9-7-14(26-2)8-10-15/h3-10H,11-12H2,1-2H3,(H,21,24)(H,23,25)/b22-13+. The van der Waals surface area contributed by atoms with Crippen molar-refractivity contribution >= 4 is 34.8 Å². The average molecular weight is 390 g/mol. The van der Waals surface area contributed by atoms with E-state index < -0.39 is 5.91 Å². The van der Waals surface area contributed by atoms with Crippen molar-refractivity contribution in [3.8, 4) is 11.5 Å². The number of para-hydroxylation sites is 1. The zero-order valence-electron chi connectivity index (χ0n) is 15.0. The molecule has 0 aliphatic heterocycles. The normalized spacial score (nSPS) is 10.9. The number of hydrazone groups is 1. The largest absolute Gasteiger partial charge is 0.497 e. The van der Waals surface area contributed by atoms with Crippen LogP contribution in [0.5, 0.6) is 11.5 Å². The highest BCUT2D eigenvalue weighted by atomic mass is 35.5. The van der Waals surface area contributed by atoms with Crippen LogP contribution in [0.3, 0.4) is 0 Å². The number of carbonyl (C=O) groups excluding carboxylic acids is 2. The highest BCUT2D eigenvalue weighted by molar-refractivity contribution is 6.33. The molecule has 0 fully saturated rings. The van der Waals surface area contributed by atoms with Gasteiger partial charge in [0.1, 0.15) is 11.5 Å². The summed E-state index contributed by atoms with van der Waals surface area (Å²) in [5.41, 5.74) is 3.31. The lowest BCUT2D eigenvalue weighted by Gasteiger charge is -2.08. The van der Waals surface area contributed by atoms with Crippen LogP contribution in [-0.2, 0) is 9.59 Å². The van der Waals surface area contributed by atoms with Crippen molar-refractivity contribution in [1.29, 1.82) is 0 Å². The number of nitrogens with zero attached hydrogens (tertiary/aromatic N) is 1. The molecule has 0 aromatic heterocycles. The van der Waals surface area contributed by atoms with E-state index in [1.54, 1.807) is 62.6 Å². The first-order valence-electron chi connectivity index (χ1n) is 8.11. The number of rotatable bonds is 8. The molecule has 0 radical (unpaired) electrons. The number of methoxy groups -OCH3 is 1. The van der Waals surface area contributed by atoms with Crippen LogP contribution < -0.4 is 20.2 Å². The van der Waals surface area contributed by atoms with Gasteiger partial charge >= 0.3 is 0 Å². The molecule has 0 aliphatic carbocycles. The van der Waals surface area contributed by atoms with Gasteiger partial charge in [0.2, 0.25) is 5.91 Å². The van der Waals surface area contributed by atoms with Gasteiger partial charge in [-0.15, -0.1) is 0 Å². The molecule has 0 atom stereocenters. The van der Waals surface area contributed by atoms with E-state index in [1.807, 2.05) is 0 Å². The van der Waals surface area contributed by atoms with Gasteiger partial charge in [0.25, 0.3) is 5.91 Å². The summed E-state index contributed by atoms with van der Waals surface area (Å²) in [6.45, 7) is 1.44. The molecule has 0 saturated heterocycles. The van der Waals surface area contributed by atoms with Crippen LogP contribution in [0.4, 0.5) is 5.69 Å². The number of hydrogen-bond donors (Lipinski definition) is 2. The van der Waals surface area contributed by atoms with Gasteiger partial charge in [-0.3, -0.25) is 9.59 Å². The van der Waals surface area contributed by atoms with Gasteiger partial charge in [0.05, 0.1) is 24.2 Å². The fourth-order valence-electron chi connectivity index (χ4n) is 2.04. The Labute approximate surface area is 162 Å². The minimum absolute atomic E-state index is 0.0187. The Morgan fingerprint density at radius 1 is 1.04 bits per heavy atom. The molecule has 7 nitrogen and oxygen atoms in total. The van der Waals surface area contributed by atoms with Crippen LogP contribution in [0.1, 0.15) is 13.3 Å². The average Bonchev–Trinajstić information content (AvgIpc) is 2.67. The van der Waals surface area contributed by atoms with Crippen molar-refractivity contribution in [2.75, 3.05) is 19.0 Å². The number of halogens is 1. The third-order valence-electron chi connectivity index (χ3n) is 3.37. The number of hydrogen-bond acceptors (Lipinski definition) is 5. The maximum Gasteiger partial charge on any atom is 0.277 e. The van der Waals surface area contributed by atoms with Gasteiger partial charge in [-0.05, 0) is 43.3 Å². The summed E-state index contributed by atoms with van der Waals surface area (Å²) >= 11 is 5.99. The Kier molecular flexibility index (Phi) is 7.63. The molecule has 0 bridgehead atoms. The van der Waals surface area contributed by atoms with E-state index in [9.17, 15) is 9.59 Å². The second kappa shape index (κ2) is 10.2. The first-order chi connectivity index (χ1) is 13.0. The molecule has 2 amide bonds. The number of nitrogens with one attached hydrogen (secondary N) is 2. The van der Waals surface area contributed by atoms with Gasteiger partial charge in [0.15, 0.2) is 6.61 Å². The molecular weight excluding hydrogens is 370 g/mol. The van der Waals surface area contributed by atoms with Gasteiger partial charge in [0, 0.05) is 5.71 Å². The Balaban J connectivity index is 1.75. The molecule has 27 heavy (non-hydrogen) atoms. The Morgan fingerprint density at radius 3 is 2.37 bits per heavy atom. The molecule has 0 unspecified atom stereocenters. The Hall–Kier alpha value is -3.06. The van der Waals surface area contributed by atoms with E-state index in [4.69, 9.17) is 21.1 Å². The minimum Gasteiger partial charge on any atom is -0.497 e. The van der Waals surface area contributed by atoms with Crippen LogP contribution in [0.2, 0.25) is 5.02 Å². The van der Waals surface area contributed by atoms with E-state index in [0.29, 0.717) is 27.9 Å². The monoisotopic (exact) mass is 389 g/mol.